The van der Waals surface area contributed by atoms with Crippen molar-refractivity contribution in [2.45, 2.75) is 38.3 Å². The van der Waals surface area contributed by atoms with Crippen LogP contribution < -0.4 is 5.32 Å². The van der Waals surface area contributed by atoms with Crippen LogP contribution in [0.4, 0.5) is 4.39 Å². The first-order valence-corrected chi connectivity index (χ1v) is 9.10. The van der Waals surface area contributed by atoms with Gasteiger partial charge in [0, 0.05) is 6.04 Å². The summed E-state index contributed by atoms with van der Waals surface area (Å²) in [5.41, 5.74) is 0.923. The zero-order valence-corrected chi connectivity index (χ0v) is 13.5. The van der Waals surface area contributed by atoms with Crippen LogP contribution in [0.2, 0.25) is 0 Å². The third-order valence-electron chi connectivity index (χ3n) is 5.05. The zero-order chi connectivity index (χ0) is 14.9. The highest BCUT2D eigenvalue weighted by Crippen LogP contribution is 2.28. The first kappa shape index (κ1) is 14.5. The molecule has 2 saturated heterocycles. The molecule has 118 valence electrons. The third-order valence-corrected chi connectivity index (χ3v) is 6.06. The summed E-state index contributed by atoms with van der Waals surface area (Å²) in [7, 11) is 0. The van der Waals surface area contributed by atoms with E-state index in [0.29, 0.717) is 0 Å². The minimum atomic E-state index is -0.174. The summed E-state index contributed by atoms with van der Waals surface area (Å²) in [6.45, 7) is 4.43. The van der Waals surface area contributed by atoms with Crippen LogP contribution >= 0.6 is 11.3 Å². The van der Waals surface area contributed by atoms with E-state index in [0.717, 1.165) is 46.8 Å². The Kier molecular flexibility index (Phi) is 4.11. The van der Waals surface area contributed by atoms with Crippen LogP contribution in [0.25, 0.3) is 10.2 Å². The number of hydrogen-bond acceptors (Lipinski definition) is 4. The van der Waals surface area contributed by atoms with E-state index in [-0.39, 0.29) is 5.82 Å². The highest BCUT2D eigenvalue weighted by Gasteiger charge is 2.28. The molecule has 1 aromatic heterocycles. The van der Waals surface area contributed by atoms with E-state index in [1.54, 1.807) is 23.5 Å². The first-order chi connectivity index (χ1) is 10.8. The molecule has 3 heterocycles. The van der Waals surface area contributed by atoms with Gasteiger partial charge in [0.25, 0.3) is 0 Å². The van der Waals surface area contributed by atoms with Gasteiger partial charge < -0.3 is 5.32 Å². The summed E-state index contributed by atoms with van der Waals surface area (Å²) >= 11 is 1.63. The van der Waals surface area contributed by atoms with Gasteiger partial charge in [-0.05, 0) is 69.4 Å². The highest BCUT2D eigenvalue weighted by atomic mass is 32.1. The van der Waals surface area contributed by atoms with E-state index < -0.39 is 0 Å². The predicted molar refractivity (Wildman–Crippen MR) is 88.6 cm³/mol. The molecule has 2 aliphatic heterocycles. The Morgan fingerprint density at radius 1 is 1.27 bits per heavy atom. The molecule has 2 fully saturated rings. The van der Waals surface area contributed by atoms with Gasteiger partial charge in [0.15, 0.2) is 0 Å². The lowest BCUT2D eigenvalue weighted by atomic mass is 9.88. The number of halogens is 1. The molecule has 5 heteroatoms. The maximum atomic E-state index is 13.3. The second-order valence-electron chi connectivity index (χ2n) is 6.54. The number of piperidine rings is 1. The minimum Gasteiger partial charge on any atom is -0.314 e. The van der Waals surface area contributed by atoms with Gasteiger partial charge >= 0.3 is 0 Å². The Morgan fingerprint density at radius 2 is 2.14 bits per heavy atom. The van der Waals surface area contributed by atoms with Crippen LogP contribution in [-0.4, -0.2) is 35.6 Å². The van der Waals surface area contributed by atoms with Crippen LogP contribution in [0.5, 0.6) is 0 Å². The minimum absolute atomic E-state index is 0.174. The lowest BCUT2D eigenvalue weighted by molar-refractivity contribution is 0.157. The number of fused-ring (bicyclic) bond motifs is 1. The zero-order valence-electron chi connectivity index (χ0n) is 12.7. The molecule has 0 aliphatic carbocycles. The summed E-state index contributed by atoms with van der Waals surface area (Å²) in [6.07, 6.45) is 5.27. The fraction of sp³-hybridized carbons (Fsp3) is 0.588. The lowest BCUT2D eigenvalue weighted by Gasteiger charge is -2.34. The van der Waals surface area contributed by atoms with E-state index >= 15 is 0 Å². The molecule has 1 aromatic carbocycles. The van der Waals surface area contributed by atoms with E-state index in [2.05, 4.69) is 15.2 Å². The van der Waals surface area contributed by atoms with Crippen molar-refractivity contribution in [1.82, 2.24) is 15.2 Å². The number of rotatable bonds is 3. The van der Waals surface area contributed by atoms with Crippen molar-refractivity contribution in [1.29, 1.82) is 0 Å². The van der Waals surface area contributed by atoms with E-state index in [9.17, 15) is 4.39 Å². The molecule has 0 saturated carbocycles. The van der Waals surface area contributed by atoms with Gasteiger partial charge in [-0.15, -0.1) is 11.3 Å². The quantitative estimate of drug-likeness (QED) is 0.940. The molecule has 1 unspecified atom stereocenters. The van der Waals surface area contributed by atoms with Gasteiger partial charge in [-0.3, -0.25) is 4.90 Å². The number of likely N-dealkylation sites (tertiary alicyclic amines) is 1. The van der Waals surface area contributed by atoms with Crippen molar-refractivity contribution >= 4 is 21.6 Å². The van der Waals surface area contributed by atoms with Crippen LogP contribution in [0.15, 0.2) is 18.2 Å². The molecule has 2 aromatic rings. The normalized spacial score (nSPS) is 24.3. The summed E-state index contributed by atoms with van der Waals surface area (Å²) in [6, 6.07) is 5.62. The van der Waals surface area contributed by atoms with Gasteiger partial charge in [0.05, 0.1) is 16.8 Å². The van der Waals surface area contributed by atoms with E-state index in [1.807, 2.05) is 0 Å². The van der Waals surface area contributed by atoms with Gasteiger partial charge in [-0.25, -0.2) is 9.37 Å². The molecule has 2 aliphatic rings. The molecule has 0 amide bonds. The average Bonchev–Trinajstić information content (AvgIpc) is 3.16. The molecule has 0 bridgehead atoms. The molecule has 22 heavy (non-hydrogen) atoms. The van der Waals surface area contributed by atoms with Crippen molar-refractivity contribution in [2.75, 3.05) is 19.6 Å². The Bertz CT molecular complexity index is 642. The summed E-state index contributed by atoms with van der Waals surface area (Å²) in [5, 5.41) is 4.76. The Morgan fingerprint density at radius 3 is 2.91 bits per heavy atom. The Labute approximate surface area is 134 Å². The maximum absolute atomic E-state index is 13.3. The van der Waals surface area contributed by atoms with Crippen LogP contribution in [0, 0.1) is 11.7 Å². The van der Waals surface area contributed by atoms with E-state index in [4.69, 9.17) is 0 Å². The second-order valence-corrected chi connectivity index (χ2v) is 7.65. The number of benzene rings is 1. The summed E-state index contributed by atoms with van der Waals surface area (Å²) in [4.78, 5) is 7.14. The standard InChI is InChI=1S/C17H22FN3S/c18-13-3-4-15-16(10-13)22-17(20-15)11-21-8-5-12(6-9-21)14-2-1-7-19-14/h3-4,10,12,14,19H,1-2,5-9,11H2. The highest BCUT2D eigenvalue weighted by molar-refractivity contribution is 7.18. The number of nitrogens with zero attached hydrogens (tertiary/aromatic N) is 2. The summed E-state index contributed by atoms with van der Waals surface area (Å²) in [5.74, 6) is 0.677. The van der Waals surface area contributed by atoms with Crippen molar-refractivity contribution in [3.63, 3.8) is 0 Å². The molecule has 0 radical (unpaired) electrons. The largest absolute Gasteiger partial charge is 0.314 e. The molecular formula is C17H22FN3S. The van der Waals surface area contributed by atoms with Crippen molar-refractivity contribution in [3.05, 3.63) is 29.0 Å². The molecular weight excluding hydrogens is 297 g/mol. The van der Waals surface area contributed by atoms with Gasteiger partial charge in [0.1, 0.15) is 10.8 Å². The van der Waals surface area contributed by atoms with E-state index in [1.165, 1.54) is 38.3 Å². The fourth-order valence-corrected chi connectivity index (χ4v) is 4.87. The van der Waals surface area contributed by atoms with Crippen molar-refractivity contribution < 1.29 is 4.39 Å². The number of hydrogen-bond donors (Lipinski definition) is 1. The van der Waals surface area contributed by atoms with Crippen LogP contribution in [0.3, 0.4) is 0 Å². The SMILES string of the molecule is Fc1ccc2nc(CN3CCC(C4CCCN4)CC3)sc2c1. The van der Waals surface area contributed by atoms with Gasteiger partial charge in [-0.2, -0.15) is 0 Å². The fourth-order valence-electron chi connectivity index (χ4n) is 3.83. The second kappa shape index (κ2) is 6.22. The smallest absolute Gasteiger partial charge is 0.124 e. The van der Waals surface area contributed by atoms with Crippen LogP contribution in [-0.2, 0) is 6.54 Å². The van der Waals surface area contributed by atoms with Crippen molar-refractivity contribution in [3.8, 4) is 0 Å². The number of thiazole rings is 1. The molecule has 4 rings (SSSR count). The van der Waals surface area contributed by atoms with Gasteiger partial charge in [0.2, 0.25) is 0 Å². The van der Waals surface area contributed by atoms with Crippen molar-refractivity contribution in [2.24, 2.45) is 5.92 Å². The predicted octanol–water partition coefficient (Wildman–Crippen LogP) is 3.40. The molecule has 0 spiro atoms. The van der Waals surface area contributed by atoms with Crippen LogP contribution in [0.1, 0.15) is 30.7 Å². The number of aromatic nitrogens is 1. The first-order valence-electron chi connectivity index (χ1n) is 8.29. The molecule has 1 N–H and O–H groups in total. The monoisotopic (exact) mass is 319 g/mol. The Hall–Kier alpha value is -1.04. The molecule has 3 nitrogen and oxygen atoms in total. The Balaban J connectivity index is 1.37. The third kappa shape index (κ3) is 3.03. The topological polar surface area (TPSA) is 28.2 Å². The lowest BCUT2D eigenvalue weighted by Crippen LogP contribution is -2.40. The summed E-state index contributed by atoms with van der Waals surface area (Å²) < 4.78 is 14.2. The average molecular weight is 319 g/mol. The maximum Gasteiger partial charge on any atom is 0.124 e. The number of nitrogens with one attached hydrogen (secondary N) is 1. The van der Waals surface area contributed by atoms with Gasteiger partial charge in [-0.1, -0.05) is 0 Å². The molecule has 1 atom stereocenters.